The molecule has 1 aliphatic rings. The second kappa shape index (κ2) is 5.59. The van der Waals surface area contributed by atoms with Crippen LogP contribution in [0.15, 0.2) is 18.5 Å². The van der Waals surface area contributed by atoms with E-state index in [1.165, 1.54) is 6.42 Å². The second-order valence-corrected chi connectivity index (χ2v) is 5.95. The molecule has 0 spiro atoms. The molecule has 0 aliphatic carbocycles. The highest BCUT2D eigenvalue weighted by atomic mass is 16.2. The Morgan fingerprint density at radius 3 is 3.00 bits per heavy atom. The van der Waals surface area contributed by atoms with Crippen LogP contribution in [0.5, 0.6) is 0 Å². The molecular weight excluding hydrogens is 238 g/mol. The topological polar surface area (TPSA) is 45.2 Å². The quantitative estimate of drug-likeness (QED) is 0.910. The number of nitrogens with zero attached hydrogens (tertiary/aromatic N) is 2. The lowest BCUT2D eigenvalue weighted by Crippen LogP contribution is -2.43. The zero-order chi connectivity index (χ0) is 13.9. The Labute approximate surface area is 115 Å². The molecule has 104 valence electrons. The number of likely N-dealkylation sites (tertiary alicyclic amines) is 1. The minimum atomic E-state index is 0.0943. The molecule has 0 radical (unpaired) electrons. The fraction of sp³-hybridized carbons (Fsp3) is 0.600. The molecule has 4 heteroatoms. The van der Waals surface area contributed by atoms with E-state index in [0.29, 0.717) is 5.56 Å². The molecule has 1 N–H and O–H groups in total. The number of nitrogens with one attached hydrogen (secondary N) is 1. The monoisotopic (exact) mass is 261 g/mol. The Kier molecular flexibility index (Phi) is 4.08. The summed E-state index contributed by atoms with van der Waals surface area (Å²) in [4.78, 5) is 18.7. The van der Waals surface area contributed by atoms with Crippen molar-refractivity contribution in [2.24, 2.45) is 5.41 Å². The minimum absolute atomic E-state index is 0.0943. The van der Waals surface area contributed by atoms with Crippen LogP contribution in [-0.2, 0) is 0 Å². The highest BCUT2D eigenvalue weighted by Gasteiger charge is 2.30. The van der Waals surface area contributed by atoms with Gasteiger partial charge in [0.2, 0.25) is 0 Å². The lowest BCUT2D eigenvalue weighted by molar-refractivity contribution is 0.0584. The zero-order valence-corrected chi connectivity index (χ0v) is 12.1. The zero-order valence-electron chi connectivity index (χ0n) is 12.1. The standard InChI is InChI=1S/C15H23N3O/c1-4-17-13-6-8-16-10-12(13)14(19)18-9-5-7-15(2,3)11-18/h6,8,10H,4-5,7,9,11H2,1-3H3,(H,16,17). The third-order valence-electron chi connectivity index (χ3n) is 3.61. The molecule has 0 saturated carbocycles. The van der Waals surface area contributed by atoms with Gasteiger partial charge in [-0.15, -0.1) is 0 Å². The van der Waals surface area contributed by atoms with E-state index in [-0.39, 0.29) is 11.3 Å². The van der Waals surface area contributed by atoms with E-state index < -0.39 is 0 Å². The molecule has 1 aromatic rings. The molecule has 2 heterocycles. The Morgan fingerprint density at radius 2 is 2.32 bits per heavy atom. The summed E-state index contributed by atoms with van der Waals surface area (Å²) >= 11 is 0. The number of carbonyl (C=O) groups is 1. The first-order chi connectivity index (χ1) is 9.03. The van der Waals surface area contributed by atoms with Crippen molar-refractivity contribution in [2.75, 3.05) is 25.0 Å². The number of anilines is 1. The van der Waals surface area contributed by atoms with E-state index in [9.17, 15) is 4.79 Å². The molecule has 0 aromatic carbocycles. The molecule has 1 fully saturated rings. The molecule has 0 atom stereocenters. The van der Waals surface area contributed by atoms with Gasteiger partial charge in [-0.2, -0.15) is 0 Å². The first kappa shape index (κ1) is 13.8. The SMILES string of the molecule is CCNc1ccncc1C(=O)N1CCCC(C)(C)C1. The maximum absolute atomic E-state index is 12.6. The smallest absolute Gasteiger partial charge is 0.257 e. The fourth-order valence-electron chi connectivity index (χ4n) is 2.68. The van der Waals surface area contributed by atoms with E-state index in [4.69, 9.17) is 0 Å². The summed E-state index contributed by atoms with van der Waals surface area (Å²) in [6.07, 6.45) is 5.65. The van der Waals surface area contributed by atoms with Gasteiger partial charge in [0.1, 0.15) is 0 Å². The second-order valence-electron chi connectivity index (χ2n) is 5.95. The molecule has 19 heavy (non-hydrogen) atoms. The van der Waals surface area contributed by atoms with Crippen LogP contribution in [0.1, 0.15) is 44.0 Å². The van der Waals surface area contributed by atoms with Crippen LogP contribution in [0.25, 0.3) is 0 Å². The molecule has 1 aromatic heterocycles. The van der Waals surface area contributed by atoms with Gasteiger partial charge in [0.05, 0.1) is 11.3 Å². The molecule has 1 aliphatic heterocycles. The van der Waals surface area contributed by atoms with E-state index in [1.54, 1.807) is 12.4 Å². The highest BCUT2D eigenvalue weighted by molar-refractivity contribution is 5.99. The normalized spacial score (nSPS) is 18.2. The van der Waals surface area contributed by atoms with Crippen LogP contribution in [0.4, 0.5) is 5.69 Å². The van der Waals surface area contributed by atoms with Crippen LogP contribution >= 0.6 is 0 Å². The lowest BCUT2D eigenvalue weighted by Gasteiger charge is -2.38. The maximum Gasteiger partial charge on any atom is 0.257 e. The van der Waals surface area contributed by atoms with Gasteiger partial charge in [0, 0.05) is 32.0 Å². The number of hydrogen-bond acceptors (Lipinski definition) is 3. The molecule has 2 rings (SSSR count). The van der Waals surface area contributed by atoms with Crippen molar-refractivity contribution in [3.8, 4) is 0 Å². The van der Waals surface area contributed by atoms with E-state index >= 15 is 0 Å². The average Bonchev–Trinajstić information content (AvgIpc) is 2.38. The van der Waals surface area contributed by atoms with Gasteiger partial charge in [0.15, 0.2) is 0 Å². The van der Waals surface area contributed by atoms with Crippen molar-refractivity contribution in [1.82, 2.24) is 9.88 Å². The molecule has 1 saturated heterocycles. The van der Waals surface area contributed by atoms with Gasteiger partial charge in [-0.1, -0.05) is 13.8 Å². The first-order valence-corrected chi connectivity index (χ1v) is 7.01. The van der Waals surface area contributed by atoms with Gasteiger partial charge in [-0.3, -0.25) is 9.78 Å². The van der Waals surface area contributed by atoms with Crippen molar-refractivity contribution >= 4 is 11.6 Å². The highest BCUT2D eigenvalue weighted by Crippen LogP contribution is 2.29. The summed E-state index contributed by atoms with van der Waals surface area (Å²) in [5.41, 5.74) is 1.78. The van der Waals surface area contributed by atoms with Crippen molar-refractivity contribution in [3.63, 3.8) is 0 Å². The third-order valence-corrected chi connectivity index (χ3v) is 3.61. The summed E-state index contributed by atoms with van der Waals surface area (Å²) in [6, 6.07) is 1.87. The molecule has 1 amide bonds. The molecule has 0 unspecified atom stereocenters. The number of hydrogen-bond donors (Lipinski definition) is 1. The van der Waals surface area contributed by atoms with Crippen LogP contribution in [0.2, 0.25) is 0 Å². The number of rotatable bonds is 3. The van der Waals surface area contributed by atoms with Crippen LogP contribution in [-0.4, -0.2) is 35.4 Å². The summed E-state index contributed by atoms with van der Waals surface area (Å²) in [5, 5.41) is 3.23. The van der Waals surface area contributed by atoms with E-state index in [0.717, 1.165) is 31.7 Å². The Bertz CT molecular complexity index is 456. The summed E-state index contributed by atoms with van der Waals surface area (Å²) in [6.45, 7) is 8.95. The molecular formula is C15H23N3O. The predicted octanol–water partition coefficient (Wildman–Crippen LogP) is 2.78. The van der Waals surface area contributed by atoms with Gasteiger partial charge >= 0.3 is 0 Å². The molecule has 4 nitrogen and oxygen atoms in total. The average molecular weight is 261 g/mol. The number of piperidine rings is 1. The van der Waals surface area contributed by atoms with Gasteiger partial charge < -0.3 is 10.2 Å². The third kappa shape index (κ3) is 3.25. The number of aromatic nitrogens is 1. The Balaban J connectivity index is 2.19. The predicted molar refractivity (Wildman–Crippen MR) is 77.3 cm³/mol. The largest absolute Gasteiger partial charge is 0.385 e. The van der Waals surface area contributed by atoms with Crippen molar-refractivity contribution in [2.45, 2.75) is 33.6 Å². The summed E-state index contributed by atoms with van der Waals surface area (Å²) in [5.74, 6) is 0.0943. The van der Waals surface area contributed by atoms with E-state index in [1.807, 2.05) is 17.9 Å². The van der Waals surface area contributed by atoms with Crippen molar-refractivity contribution in [1.29, 1.82) is 0 Å². The maximum atomic E-state index is 12.6. The van der Waals surface area contributed by atoms with Crippen molar-refractivity contribution < 1.29 is 4.79 Å². The number of pyridine rings is 1. The summed E-state index contributed by atoms with van der Waals surface area (Å²) in [7, 11) is 0. The van der Waals surface area contributed by atoms with Gasteiger partial charge in [0.25, 0.3) is 5.91 Å². The number of amides is 1. The van der Waals surface area contributed by atoms with Gasteiger partial charge in [-0.05, 0) is 31.2 Å². The number of carbonyl (C=O) groups excluding carboxylic acids is 1. The van der Waals surface area contributed by atoms with E-state index in [2.05, 4.69) is 24.1 Å². The van der Waals surface area contributed by atoms with Crippen LogP contribution in [0.3, 0.4) is 0 Å². The van der Waals surface area contributed by atoms with Crippen LogP contribution < -0.4 is 5.32 Å². The molecule has 0 bridgehead atoms. The lowest BCUT2D eigenvalue weighted by atomic mass is 9.84. The Hall–Kier alpha value is -1.58. The van der Waals surface area contributed by atoms with Crippen molar-refractivity contribution in [3.05, 3.63) is 24.0 Å². The van der Waals surface area contributed by atoms with Crippen LogP contribution in [0, 0.1) is 5.41 Å². The minimum Gasteiger partial charge on any atom is -0.385 e. The first-order valence-electron chi connectivity index (χ1n) is 7.01. The van der Waals surface area contributed by atoms with Gasteiger partial charge in [-0.25, -0.2) is 0 Å². The Morgan fingerprint density at radius 1 is 1.53 bits per heavy atom. The summed E-state index contributed by atoms with van der Waals surface area (Å²) < 4.78 is 0. The fourth-order valence-corrected chi connectivity index (χ4v) is 2.68.